The van der Waals surface area contributed by atoms with E-state index in [1.807, 2.05) is 0 Å². The number of isothiocyanates is 1. The summed E-state index contributed by atoms with van der Waals surface area (Å²) < 4.78 is 0. The number of thiocarbonyl (C=S) groups is 1. The normalized spacial score (nSPS) is 8.45. The van der Waals surface area contributed by atoms with Gasteiger partial charge in [-0.3, -0.25) is 0 Å². The van der Waals surface area contributed by atoms with Crippen LogP contribution in [0.2, 0.25) is 5.02 Å². The molecule has 1 aromatic rings. The van der Waals surface area contributed by atoms with Crippen molar-refractivity contribution in [2.24, 2.45) is 5.16 Å². The molecular formula is C7H4ClNOS. The molecular weight excluding hydrogens is 182 g/mol. The van der Waals surface area contributed by atoms with Gasteiger partial charge in [-0.15, -0.1) is 0 Å². The zero-order valence-electron chi connectivity index (χ0n) is 5.45. The Labute approximate surface area is 74.4 Å². The van der Waals surface area contributed by atoms with Crippen LogP contribution < -0.4 is 4.84 Å². The van der Waals surface area contributed by atoms with Crippen molar-refractivity contribution in [3.05, 3.63) is 29.3 Å². The van der Waals surface area contributed by atoms with E-state index in [4.69, 9.17) is 16.4 Å². The van der Waals surface area contributed by atoms with E-state index in [1.165, 1.54) is 0 Å². The lowest BCUT2D eigenvalue weighted by Gasteiger charge is -1.94. The van der Waals surface area contributed by atoms with Crippen molar-refractivity contribution in [3.8, 4) is 5.75 Å². The van der Waals surface area contributed by atoms with Crippen molar-refractivity contribution in [1.82, 2.24) is 0 Å². The largest absolute Gasteiger partial charge is 0.348 e. The number of nitrogens with zero attached hydrogens (tertiary/aromatic N) is 1. The summed E-state index contributed by atoms with van der Waals surface area (Å²) in [6, 6.07) is 6.79. The minimum Gasteiger partial charge on any atom is -0.348 e. The highest BCUT2D eigenvalue weighted by molar-refractivity contribution is 7.78. The number of hydrogen-bond acceptors (Lipinski definition) is 3. The summed E-state index contributed by atoms with van der Waals surface area (Å²) >= 11 is 9.93. The molecule has 0 atom stereocenters. The van der Waals surface area contributed by atoms with E-state index in [0.717, 1.165) is 0 Å². The van der Waals surface area contributed by atoms with Crippen LogP contribution in [0.3, 0.4) is 0 Å². The summed E-state index contributed by atoms with van der Waals surface area (Å²) in [6.07, 6.45) is 0. The van der Waals surface area contributed by atoms with Gasteiger partial charge >= 0.3 is 0 Å². The quantitative estimate of drug-likeness (QED) is 0.402. The summed E-state index contributed by atoms with van der Waals surface area (Å²) in [4.78, 5) is 4.76. The van der Waals surface area contributed by atoms with Gasteiger partial charge in [-0.2, -0.15) is 0 Å². The Morgan fingerprint density at radius 1 is 1.36 bits per heavy atom. The van der Waals surface area contributed by atoms with Gasteiger partial charge < -0.3 is 4.84 Å². The summed E-state index contributed by atoms with van der Waals surface area (Å²) in [5, 5.41) is 6.03. The maximum atomic E-state index is 5.62. The molecule has 0 amide bonds. The molecule has 11 heavy (non-hydrogen) atoms. The van der Waals surface area contributed by atoms with Crippen LogP contribution in [-0.4, -0.2) is 5.16 Å². The minimum absolute atomic E-state index is 0.590. The van der Waals surface area contributed by atoms with Crippen molar-refractivity contribution in [2.75, 3.05) is 0 Å². The third kappa shape index (κ3) is 2.68. The Kier molecular flexibility index (Phi) is 3.05. The Morgan fingerprint density at radius 3 is 2.55 bits per heavy atom. The van der Waals surface area contributed by atoms with Gasteiger partial charge in [0.2, 0.25) is 0 Å². The zero-order chi connectivity index (χ0) is 8.10. The van der Waals surface area contributed by atoms with E-state index in [0.29, 0.717) is 10.8 Å². The van der Waals surface area contributed by atoms with Crippen LogP contribution in [0.1, 0.15) is 0 Å². The second-order valence-electron chi connectivity index (χ2n) is 1.73. The molecule has 0 N–H and O–H groups in total. The molecule has 0 unspecified atom stereocenters. The summed E-state index contributed by atoms with van der Waals surface area (Å²) in [5.41, 5.74) is 0. The average molecular weight is 186 g/mol. The van der Waals surface area contributed by atoms with E-state index in [2.05, 4.69) is 22.5 Å². The van der Waals surface area contributed by atoms with E-state index in [-0.39, 0.29) is 0 Å². The van der Waals surface area contributed by atoms with Crippen LogP contribution >= 0.6 is 23.8 Å². The molecule has 1 aromatic carbocycles. The topological polar surface area (TPSA) is 21.6 Å². The molecule has 56 valence electrons. The minimum atomic E-state index is 0.590. The SMILES string of the molecule is S=C=NOc1ccc(Cl)cc1. The van der Waals surface area contributed by atoms with Gasteiger partial charge in [0.05, 0.1) is 0 Å². The lowest BCUT2D eigenvalue weighted by atomic mass is 10.3. The molecule has 0 fully saturated rings. The average Bonchev–Trinajstić information content (AvgIpc) is 2.04. The maximum absolute atomic E-state index is 5.62. The van der Waals surface area contributed by atoms with E-state index in [9.17, 15) is 0 Å². The highest BCUT2D eigenvalue weighted by atomic mass is 35.5. The Morgan fingerprint density at radius 2 is 2.00 bits per heavy atom. The Bertz CT molecular complexity index is 279. The van der Waals surface area contributed by atoms with E-state index >= 15 is 0 Å². The predicted molar refractivity (Wildman–Crippen MR) is 47.1 cm³/mol. The molecule has 0 bridgehead atoms. The smallest absolute Gasteiger partial charge is 0.159 e. The zero-order valence-corrected chi connectivity index (χ0v) is 7.02. The van der Waals surface area contributed by atoms with Gasteiger partial charge in [0.15, 0.2) is 5.75 Å². The second kappa shape index (κ2) is 4.09. The van der Waals surface area contributed by atoms with E-state index < -0.39 is 0 Å². The van der Waals surface area contributed by atoms with Crippen LogP contribution in [0.25, 0.3) is 0 Å². The van der Waals surface area contributed by atoms with Gasteiger partial charge in [-0.05, 0) is 41.6 Å². The number of halogens is 1. The van der Waals surface area contributed by atoms with E-state index in [1.54, 1.807) is 24.3 Å². The van der Waals surface area contributed by atoms with Crippen molar-refractivity contribution in [2.45, 2.75) is 0 Å². The van der Waals surface area contributed by atoms with Gasteiger partial charge in [-0.25, -0.2) is 0 Å². The standard InChI is InChI=1S/C7H4ClNOS/c8-6-1-3-7(4-2-6)10-9-5-11/h1-4H. The lowest BCUT2D eigenvalue weighted by Crippen LogP contribution is -1.79. The molecule has 0 aliphatic carbocycles. The molecule has 4 heteroatoms. The second-order valence-corrected chi connectivity index (χ2v) is 2.35. The molecule has 0 aliphatic rings. The van der Waals surface area contributed by atoms with Crippen molar-refractivity contribution in [3.63, 3.8) is 0 Å². The van der Waals surface area contributed by atoms with Crippen LogP contribution in [0, 0.1) is 0 Å². The molecule has 0 spiro atoms. The van der Waals surface area contributed by atoms with Crippen LogP contribution in [0.4, 0.5) is 0 Å². The molecule has 0 heterocycles. The summed E-state index contributed by atoms with van der Waals surface area (Å²) in [6.45, 7) is 0. The predicted octanol–water partition coefficient (Wildman–Crippen LogP) is 2.74. The first-order valence-electron chi connectivity index (χ1n) is 2.82. The molecule has 0 radical (unpaired) electrons. The highest BCUT2D eigenvalue weighted by Gasteiger charge is 1.90. The van der Waals surface area contributed by atoms with Crippen molar-refractivity contribution in [1.29, 1.82) is 0 Å². The van der Waals surface area contributed by atoms with Crippen LogP contribution in [0.15, 0.2) is 29.4 Å². The third-order valence-electron chi connectivity index (χ3n) is 1.00. The first-order valence-corrected chi connectivity index (χ1v) is 3.61. The monoisotopic (exact) mass is 185 g/mol. The molecule has 0 saturated carbocycles. The van der Waals surface area contributed by atoms with Gasteiger partial charge in [0.1, 0.15) is 5.16 Å². The van der Waals surface area contributed by atoms with Crippen molar-refractivity contribution < 1.29 is 4.84 Å². The highest BCUT2D eigenvalue weighted by Crippen LogP contribution is 2.15. The third-order valence-corrected chi connectivity index (χ3v) is 1.33. The summed E-state index contributed by atoms with van der Waals surface area (Å²) in [5.74, 6) is 0.590. The fraction of sp³-hybridized carbons (Fsp3) is 0. The summed E-state index contributed by atoms with van der Waals surface area (Å²) in [7, 11) is 0. The molecule has 0 aromatic heterocycles. The van der Waals surface area contributed by atoms with Gasteiger partial charge in [0, 0.05) is 5.02 Å². The number of rotatable bonds is 2. The number of hydrogen-bond donors (Lipinski definition) is 0. The maximum Gasteiger partial charge on any atom is 0.159 e. The molecule has 0 aliphatic heterocycles. The van der Waals surface area contributed by atoms with Crippen molar-refractivity contribution >= 4 is 29.0 Å². The Balaban J connectivity index is 2.73. The molecule has 2 nitrogen and oxygen atoms in total. The molecule has 0 saturated heterocycles. The van der Waals surface area contributed by atoms with Crippen LogP contribution in [-0.2, 0) is 0 Å². The molecule has 1 rings (SSSR count). The fourth-order valence-corrected chi connectivity index (χ4v) is 0.730. The fourth-order valence-electron chi connectivity index (χ4n) is 0.567. The van der Waals surface area contributed by atoms with Gasteiger partial charge in [0.25, 0.3) is 0 Å². The van der Waals surface area contributed by atoms with Crippen LogP contribution in [0.5, 0.6) is 5.75 Å². The van der Waals surface area contributed by atoms with Gasteiger partial charge in [-0.1, -0.05) is 11.6 Å². The lowest BCUT2D eigenvalue weighted by molar-refractivity contribution is 0.345. The Hall–Kier alpha value is -0.890. The first-order chi connectivity index (χ1) is 5.33. The number of benzene rings is 1. The first kappa shape index (κ1) is 8.21.